The van der Waals surface area contributed by atoms with E-state index in [-0.39, 0.29) is 18.6 Å². The summed E-state index contributed by atoms with van der Waals surface area (Å²) in [7, 11) is 0. The van der Waals surface area contributed by atoms with Gasteiger partial charge >= 0.3 is 0 Å². The molecule has 0 saturated carbocycles. The lowest BCUT2D eigenvalue weighted by molar-refractivity contribution is -0.121. The van der Waals surface area contributed by atoms with Gasteiger partial charge in [0, 0.05) is 12.6 Å². The molecular weight excluding hydrogens is 238 g/mol. The fourth-order valence-electron chi connectivity index (χ4n) is 2.04. The standard InChI is InChI=1S/C16H25NO2/c1-12(2)10-14-4-6-15(7-5-14)11-16(19)17-13(3)8-9-18/h4-7,12-13,18H,8-11H2,1-3H3,(H,17,19)/t13-/m0/s1. The van der Waals surface area contributed by atoms with E-state index in [1.165, 1.54) is 5.56 Å². The molecule has 0 spiro atoms. The molecule has 1 aromatic carbocycles. The van der Waals surface area contributed by atoms with Gasteiger partial charge in [0.2, 0.25) is 5.91 Å². The van der Waals surface area contributed by atoms with Gasteiger partial charge in [-0.3, -0.25) is 4.79 Å². The molecule has 0 bridgehead atoms. The average Bonchev–Trinajstić information content (AvgIpc) is 2.31. The maximum absolute atomic E-state index is 11.8. The zero-order valence-electron chi connectivity index (χ0n) is 12.1. The lowest BCUT2D eigenvalue weighted by Gasteiger charge is -2.12. The number of amides is 1. The van der Waals surface area contributed by atoms with Gasteiger partial charge in [0.25, 0.3) is 0 Å². The third-order valence-electron chi connectivity index (χ3n) is 3.00. The molecule has 3 heteroatoms. The molecule has 0 aliphatic heterocycles. The molecule has 0 aliphatic carbocycles. The first-order chi connectivity index (χ1) is 9.01. The third kappa shape index (κ3) is 6.39. The van der Waals surface area contributed by atoms with Gasteiger partial charge in [-0.15, -0.1) is 0 Å². The Labute approximate surface area is 116 Å². The van der Waals surface area contributed by atoms with E-state index in [4.69, 9.17) is 5.11 Å². The summed E-state index contributed by atoms with van der Waals surface area (Å²) in [5, 5.41) is 11.7. The molecule has 3 nitrogen and oxygen atoms in total. The first-order valence-corrected chi connectivity index (χ1v) is 6.99. The molecule has 1 amide bonds. The largest absolute Gasteiger partial charge is 0.396 e. The number of hydrogen-bond donors (Lipinski definition) is 2. The Morgan fingerprint density at radius 2 is 1.74 bits per heavy atom. The van der Waals surface area contributed by atoms with E-state index in [0.29, 0.717) is 18.8 Å². The summed E-state index contributed by atoms with van der Waals surface area (Å²) in [6.45, 7) is 6.40. The zero-order valence-corrected chi connectivity index (χ0v) is 12.1. The highest BCUT2D eigenvalue weighted by molar-refractivity contribution is 5.78. The van der Waals surface area contributed by atoms with Crippen molar-refractivity contribution in [3.05, 3.63) is 35.4 Å². The van der Waals surface area contributed by atoms with Crippen LogP contribution in [-0.4, -0.2) is 23.7 Å². The Hall–Kier alpha value is -1.35. The highest BCUT2D eigenvalue weighted by atomic mass is 16.3. The summed E-state index contributed by atoms with van der Waals surface area (Å²) >= 11 is 0. The van der Waals surface area contributed by atoms with Crippen molar-refractivity contribution in [3.8, 4) is 0 Å². The highest BCUT2D eigenvalue weighted by Gasteiger charge is 2.07. The van der Waals surface area contributed by atoms with Gasteiger partial charge in [0.15, 0.2) is 0 Å². The lowest BCUT2D eigenvalue weighted by Crippen LogP contribution is -2.34. The predicted octanol–water partition coefficient (Wildman–Crippen LogP) is 2.31. The van der Waals surface area contributed by atoms with Crippen molar-refractivity contribution in [1.82, 2.24) is 5.32 Å². The average molecular weight is 263 g/mol. The molecule has 1 atom stereocenters. The number of nitrogens with one attached hydrogen (secondary N) is 1. The van der Waals surface area contributed by atoms with Crippen LogP contribution in [0.2, 0.25) is 0 Å². The lowest BCUT2D eigenvalue weighted by atomic mass is 10.0. The van der Waals surface area contributed by atoms with E-state index >= 15 is 0 Å². The van der Waals surface area contributed by atoms with E-state index in [1.807, 2.05) is 19.1 Å². The quantitative estimate of drug-likeness (QED) is 0.793. The van der Waals surface area contributed by atoms with Crippen molar-refractivity contribution < 1.29 is 9.90 Å². The smallest absolute Gasteiger partial charge is 0.224 e. The maximum atomic E-state index is 11.8. The molecule has 0 heterocycles. The number of rotatable bonds is 7. The van der Waals surface area contributed by atoms with Crippen molar-refractivity contribution in [2.75, 3.05) is 6.61 Å². The van der Waals surface area contributed by atoms with Crippen LogP contribution in [0.4, 0.5) is 0 Å². The number of benzene rings is 1. The second kappa shape index (κ2) is 7.95. The van der Waals surface area contributed by atoms with Gasteiger partial charge < -0.3 is 10.4 Å². The van der Waals surface area contributed by atoms with Crippen LogP contribution in [0.5, 0.6) is 0 Å². The summed E-state index contributed by atoms with van der Waals surface area (Å²) in [4.78, 5) is 11.8. The molecule has 1 aromatic rings. The summed E-state index contributed by atoms with van der Waals surface area (Å²) in [5.74, 6) is 0.658. The molecule has 106 valence electrons. The Balaban J connectivity index is 2.46. The normalized spacial score (nSPS) is 12.5. The van der Waals surface area contributed by atoms with Gasteiger partial charge in [-0.1, -0.05) is 38.1 Å². The van der Waals surface area contributed by atoms with Crippen molar-refractivity contribution >= 4 is 5.91 Å². The van der Waals surface area contributed by atoms with Crippen molar-refractivity contribution in [2.24, 2.45) is 5.92 Å². The van der Waals surface area contributed by atoms with Crippen molar-refractivity contribution in [3.63, 3.8) is 0 Å². The summed E-state index contributed by atoms with van der Waals surface area (Å²) in [6.07, 6.45) is 2.07. The van der Waals surface area contributed by atoms with E-state index in [0.717, 1.165) is 12.0 Å². The number of hydrogen-bond acceptors (Lipinski definition) is 2. The Kier molecular flexibility index (Phi) is 6.57. The van der Waals surface area contributed by atoms with Gasteiger partial charge in [-0.2, -0.15) is 0 Å². The first-order valence-electron chi connectivity index (χ1n) is 6.99. The van der Waals surface area contributed by atoms with Crippen molar-refractivity contribution in [1.29, 1.82) is 0 Å². The second-order valence-electron chi connectivity index (χ2n) is 5.57. The van der Waals surface area contributed by atoms with Gasteiger partial charge in [0.05, 0.1) is 6.42 Å². The number of carbonyl (C=O) groups excluding carboxylic acids is 1. The van der Waals surface area contributed by atoms with Crippen LogP contribution in [0.25, 0.3) is 0 Å². The summed E-state index contributed by atoms with van der Waals surface area (Å²) in [5.41, 5.74) is 2.34. The molecule has 0 aromatic heterocycles. The zero-order chi connectivity index (χ0) is 14.3. The van der Waals surface area contributed by atoms with Gasteiger partial charge in [-0.05, 0) is 36.8 Å². The molecule has 19 heavy (non-hydrogen) atoms. The van der Waals surface area contributed by atoms with E-state index in [1.54, 1.807) is 0 Å². The minimum Gasteiger partial charge on any atom is -0.396 e. The van der Waals surface area contributed by atoms with E-state index < -0.39 is 0 Å². The Morgan fingerprint density at radius 3 is 2.26 bits per heavy atom. The van der Waals surface area contributed by atoms with Crippen molar-refractivity contribution in [2.45, 2.75) is 46.1 Å². The highest BCUT2D eigenvalue weighted by Crippen LogP contribution is 2.10. The minimum absolute atomic E-state index is 0.0116. The van der Waals surface area contributed by atoms with Crippen LogP contribution in [0.1, 0.15) is 38.3 Å². The molecule has 1 rings (SSSR count). The first kappa shape index (κ1) is 15.7. The third-order valence-corrected chi connectivity index (χ3v) is 3.00. The van der Waals surface area contributed by atoms with Gasteiger partial charge in [-0.25, -0.2) is 0 Å². The van der Waals surface area contributed by atoms with Crippen LogP contribution in [-0.2, 0) is 17.6 Å². The number of aliphatic hydroxyl groups excluding tert-OH is 1. The Bertz CT molecular complexity index is 384. The molecule has 0 saturated heterocycles. The molecule has 2 N–H and O–H groups in total. The molecule has 0 aliphatic rings. The van der Waals surface area contributed by atoms with Crippen LogP contribution < -0.4 is 5.32 Å². The number of aliphatic hydroxyl groups is 1. The topological polar surface area (TPSA) is 49.3 Å². The molecular formula is C16H25NO2. The summed E-state index contributed by atoms with van der Waals surface area (Å²) in [6, 6.07) is 8.26. The van der Waals surface area contributed by atoms with Gasteiger partial charge in [0.1, 0.15) is 0 Å². The van der Waals surface area contributed by atoms with Crippen LogP contribution in [0, 0.1) is 5.92 Å². The SMILES string of the molecule is CC(C)Cc1ccc(CC(=O)N[C@@H](C)CCO)cc1. The van der Waals surface area contributed by atoms with Crippen LogP contribution in [0.3, 0.4) is 0 Å². The fourth-order valence-corrected chi connectivity index (χ4v) is 2.04. The van der Waals surface area contributed by atoms with Crippen LogP contribution in [0.15, 0.2) is 24.3 Å². The van der Waals surface area contributed by atoms with E-state index in [2.05, 4.69) is 31.3 Å². The minimum atomic E-state index is 0.0116. The monoisotopic (exact) mass is 263 g/mol. The molecule has 0 radical (unpaired) electrons. The summed E-state index contributed by atoms with van der Waals surface area (Å²) < 4.78 is 0. The van der Waals surface area contributed by atoms with Crippen LogP contribution >= 0.6 is 0 Å². The molecule has 0 unspecified atom stereocenters. The predicted molar refractivity (Wildman–Crippen MR) is 78.0 cm³/mol. The second-order valence-corrected chi connectivity index (χ2v) is 5.57. The Morgan fingerprint density at radius 1 is 1.16 bits per heavy atom. The van der Waals surface area contributed by atoms with E-state index in [9.17, 15) is 4.79 Å². The fraction of sp³-hybridized carbons (Fsp3) is 0.562. The number of carbonyl (C=O) groups is 1. The maximum Gasteiger partial charge on any atom is 0.224 e. The molecule has 0 fully saturated rings.